The lowest BCUT2D eigenvalue weighted by Crippen LogP contribution is -2.43. The van der Waals surface area contributed by atoms with Gasteiger partial charge in [-0.25, -0.2) is 0 Å². The first-order valence-corrected chi connectivity index (χ1v) is 3.00. The summed E-state index contributed by atoms with van der Waals surface area (Å²) < 4.78 is 0. The van der Waals surface area contributed by atoms with E-state index in [1.165, 1.54) is 12.5 Å². The van der Waals surface area contributed by atoms with E-state index in [2.05, 4.69) is 6.58 Å². The lowest BCUT2D eigenvalue weighted by molar-refractivity contribution is -0.132. The predicted octanol–water partition coefficient (Wildman–Crippen LogP) is 0.00309. The number of rotatable bonds is 4. The molecule has 3 N–H and O–H groups in total. The molecule has 0 aromatic rings. The second kappa shape index (κ2) is 3.37. The zero-order valence-electron chi connectivity index (χ0n) is 6.00. The van der Waals surface area contributed by atoms with Gasteiger partial charge in [-0.3, -0.25) is 4.79 Å². The summed E-state index contributed by atoms with van der Waals surface area (Å²) >= 11 is 0. The molecule has 0 aliphatic rings. The molecule has 1 amide bonds. The van der Waals surface area contributed by atoms with Gasteiger partial charge >= 0.3 is 0 Å². The normalized spacial score (nSPS) is 15.8. The van der Waals surface area contributed by atoms with Crippen LogP contribution in [0.25, 0.3) is 0 Å². The molecule has 0 unspecified atom stereocenters. The number of carbonyl (C=O) groups is 1. The number of amides is 1. The molecule has 0 bridgehead atoms. The Bertz CT molecular complexity index is 145. The lowest BCUT2D eigenvalue weighted by Gasteiger charge is -2.19. The Labute approximate surface area is 60.5 Å². The van der Waals surface area contributed by atoms with Crippen LogP contribution in [-0.2, 0) is 4.79 Å². The molecule has 0 spiro atoms. The topological polar surface area (TPSA) is 63.3 Å². The van der Waals surface area contributed by atoms with Crippen molar-refractivity contribution in [3.63, 3.8) is 0 Å². The molecule has 0 aliphatic heterocycles. The van der Waals surface area contributed by atoms with Gasteiger partial charge in [0.25, 0.3) is 0 Å². The minimum atomic E-state index is -1.51. The second-order valence-corrected chi connectivity index (χ2v) is 2.07. The molecule has 3 heteroatoms. The Balaban J connectivity index is 4.21. The molecular weight excluding hydrogens is 130 g/mol. The van der Waals surface area contributed by atoms with Gasteiger partial charge in [-0.05, 0) is 0 Å². The summed E-state index contributed by atoms with van der Waals surface area (Å²) in [5.41, 5.74) is 3.39. The van der Waals surface area contributed by atoms with Gasteiger partial charge in [-0.2, -0.15) is 0 Å². The zero-order chi connectivity index (χ0) is 8.20. The predicted molar refractivity (Wildman–Crippen MR) is 38.9 cm³/mol. The summed E-state index contributed by atoms with van der Waals surface area (Å²) in [5.74, 6) is -0.741. The van der Waals surface area contributed by atoms with Gasteiger partial charge < -0.3 is 10.8 Å². The molecule has 0 rings (SSSR count). The van der Waals surface area contributed by atoms with Crippen molar-refractivity contribution in [2.75, 3.05) is 0 Å². The SMILES string of the molecule is C=CC[C@@](O)([CH]C)C(N)=O. The average molecular weight is 142 g/mol. The molecule has 0 saturated heterocycles. The highest BCUT2D eigenvalue weighted by molar-refractivity contribution is 5.84. The summed E-state index contributed by atoms with van der Waals surface area (Å²) in [7, 11) is 0. The summed E-state index contributed by atoms with van der Waals surface area (Å²) in [6.45, 7) is 4.97. The van der Waals surface area contributed by atoms with E-state index in [0.29, 0.717) is 0 Å². The Hall–Kier alpha value is -0.830. The molecule has 3 nitrogen and oxygen atoms in total. The molecule has 1 atom stereocenters. The highest BCUT2D eigenvalue weighted by Gasteiger charge is 2.29. The summed E-state index contributed by atoms with van der Waals surface area (Å²) in [5, 5.41) is 9.30. The molecule has 0 aliphatic carbocycles. The van der Waals surface area contributed by atoms with Crippen LogP contribution in [0.15, 0.2) is 12.7 Å². The number of primary amides is 1. The Kier molecular flexibility index (Phi) is 3.09. The van der Waals surface area contributed by atoms with Crippen LogP contribution in [-0.4, -0.2) is 16.6 Å². The average Bonchev–Trinajstić information content (AvgIpc) is 1.88. The van der Waals surface area contributed by atoms with E-state index in [-0.39, 0.29) is 6.42 Å². The number of nitrogens with two attached hydrogens (primary N) is 1. The molecule has 1 radical (unpaired) electrons. The number of carbonyl (C=O) groups excluding carboxylic acids is 1. The van der Waals surface area contributed by atoms with Crippen molar-refractivity contribution in [2.45, 2.75) is 18.9 Å². The molecule has 0 fully saturated rings. The minimum absolute atomic E-state index is 0.166. The molecule has 0 aromatic carbocycles. The van der Waals surface area contributed by atoms with Gasteiger partial charge in [0.1, 0.15) is 5.60 Å². The lowest BCUT2D eigenvalue weighted by atomic mass is 9.96. The third kappa shape index (κ3) is 1.84. The molecular formula is C7H12NO2. The van der Waals surface area contributed by atoms with E-state index in [1.54, 1.807) is 6.92 Å². The van der Waals surface area contributed by atoms with Crippen LogP contribution in [0.4, 0.5) is 0 Å². The van der Waals surface area contributed by atoms with Crippen LogP contribution in [0.5, 0.6) is 0 Å². The van der Waals surface area contributed by atoms with Crippen LogP contribution in [0.1, 0.15) is 13.3 Å². The monoisotopic (exact) mass is 142 g/mol. The summed E-state index contributed by atoms with van der Waals surface area (Å²) in [6, 6.07) is 0. The van der Waals surface area contributed by atoms with Gasteiger partial charge in [0, 0.05) is 12.8 Å². The first kappa shape index (κ1) is 9.17. The van der Waals surface area contributed by atoms with Gasteiger partial charge in [0.2, 0.25) is 5.91 Å². The van der Waals surface area contributed by atoms with Gasteiger partial charge in [0.05, 0.1) is 0 Å². The third-order valence-corrected chi connectivity index (χ3v) is 1.36. The molecule has 0 heterocycles. The number of hydrogen-bond donors (Lipinski definition) is 2. The van der Waals surface area contributed by atoms with E-state index >= 15 is 0 Å². The first-order valence-electron chi connectivity index (χ1n) is 3.00. The standard InChI is InChI=1S/C7H12NO2/c1-3-5-7(10,4-2)6(8)9/h3-4,10H,1,5H2,2H3,(H2,8,9)/t7-/m0/s1. The Morgan fingerprint density at radius 1 is 1.90 bits per heavy atom. The largest absolute Gasteiger partial charge is 0.379 e. The summed E-state index contributed by atoms with van der Waals surface area (Å²) in [4.78, 5) is 10.5. The quantitative estimate of drug-likeness (QED) is 0.543. The van der Waals surface area contributed by atoms with Crippen molar-refractivity contribution >= 4 is 5.91 Å². The van der Waals surface area contributed by atoms with E-state index in [1.807, 2.05) is 0 Å². The van der Waals surface area contributed by atoms with Crippen molar-refractivity contribution in [3.8, 4) is 0 Å². The van der Waals surface area contributed by atoms with E-state index in [4.69, 9.17) is 5.73 Å². The molecule has 0 saturated carbocycles. The first-order chi connectivity index (χ1) is 4.56. The Morgan fingerprint density at radius 2 is 2.40 bits per heavy atom. The maximum absolute atomic E-state index is 10.5. The number of aliphatic hydroxyl groups is 1. The molecule has 0 aromatic heterocycles. The minimum Gasteiger partial charge on any atom is -0.379 e. The van der Waals surface area contributed by atoms with E-state index < -0.39 is 11.5 Å². The van der Waals surface area contributed by atoms with Crippen LogP contribution in [0.2, 0.25) is 0 Å². The highest BCUT2D eigenvalue weighted by atomic mass is 16.3. The second-order valence-electron chi connectivity index (χ2n) is 2.07. The Morgan fingerprint density at radius 3 is 2.50 bits per heavy atom. The van der Waals surface area contributed by atoms with Crippen molar-refractivity contribution in [3.05, 3.63) is 19.1 Å². The summed E-state index contributed by atoms with van der Waals surface area (Å²) in [6.07, 6.45) is 2.97. The molecule has 10 heavy (non-hydrogen) atoms. The smallest absolute Gasteiger partial charge is 0.250 e. The van der Waals surface area contributed by atoms with Crippen molar-refractivity contribution in [1.29, 1.82) is 0 Å². The number of hydrogen-bond acceptors (Lipinski definition) is 2. The van der Waals surface area contributed by atoms with Crippen LogP contribution >= 0.6 is 0 Å². The van der Waals surface area contributed by atoms with Crippen LogP contribution in [0, 0.1) is 6.42 Å². The fraction of sp³-hybridized carbons (Fsp3) is 0.429. The highest BCUT2D eigenvalue weighted by Crippen LogP contribution is 2.12. The van der Waals surface area contributed by atoms with Crippen molar-refractivity contribution in [1.82, 2.24) is 0 Å². The van der Waals surface area contributed by atoms with Crippen molar-refractivity contribution in [2.24, 2.45) is 5.73 Å². The van der Waals surface area contributed by atoms with Crippen LogP contribution in [0.3, 0.4) is 0 Å². The van der Waals surface area contributed by atoms with E-state index in [9.17, 15) is 9.90 Å². The molecule has 57 valence electrons. The van der Waals surface area contributed by atoms with Gasteiger partial charge in [0.15, 0.2) is 0 Å². The van der Waals surface area contributed by atoms with Crippen LogP contribution < -0.4 is 5.73 Å². The maximum atomic E-state index is 10.5. The van der Waals surface area contributed by atoms with Crippen molar-refractivity contribution < 1.29 is 9.90 Å². The zero-order valence-corrected chi connectivity index (χ0v) is 6.00. The van der Waals surface area contributed by atoms with Gasteiger partial charge in [-0.15, -0.1) is 6.58 Å². The van der Waals surface area contributed by atoms with Gasteiger partial charge in [-0.1, -0.05) is 13.0 Å². The maximum Gasteiger partial charge on any atom is 0.250 e. The third-order valence-electron chi connectivity index (χ3n) is 1.36. The fourth-order valence-corrected chi connectivity index (χ4v) is 0.581. The van der Waals surface area contributed by atoms with E-state index in [0.717, 1.165) is 0 Å². The fourth-order valence-electron chi connectivity index (χ4n) is 0.581.